The molecule has 0 spiro atoms. The Balaban J connectivity index is 2.13. The maximum Gasteiger partial charge on any atom is 0.281 e. The molecule has 0 aliphatic carbocycles. The first kappa shape index (κ1) is 22.5. The predicted octanol–water partition coefficient (Wildman–Crippen LogP) is 6.41. The molecule has 30 heavy (non-hydrogen) atoms. The van der Waals surface area contributed by atoms with Gasteiger partial charge in [0.2, 0.25) is 0 Å². The van der Waals surface area contributed by atoms with Crippen molar-refractivity contribution in [3.63, 3.8) is 0 Å². The van der Waals surface area contributed by atoms with Crippen LogP contribution in [0.1, 0.15) is 29.1 Å². The van der Waals surface area contributed by atoms with Gasteiger partial charge in [0.25, 0.3) is 11.6 Å². The highest BCUT2D eigenvalue weighted by atomic mass is 35.5. The standard InChI is InChI=1S/C20H16Cl3N3O3S/c1-3-17-18(11-5-8-14(21)16(23)9-11)25(4-2)20(30-17)24-19(27)13-7-6-12(26(28)29)10-15(13)22/h5-10H,3-4H2,1-2H3. The van der Waals surface area contributed by atoms with Crippen molar-refractivity contribution in [3.05, 3.63) is 76.8 Å². The number of non-ortho nitro benzene ring substituents is 1. The van der Waals surface area contributed by atoms with Crippen LogP contribution in [0.4, 0.5) is 5.69 Å². The Labute approximate surface area is 191 Å². The lowest BCUT2D eigenvalue weighted by Crippen LogP contribution is -2.17. The highest BCUT2D eigenvalue weighted by Gasteiger charge is 2.18. The molecule has 0 bridgehead atoms. The number of amides is 1. The predicted molar refractivity (Wildman–Crippen MR) is 121 cm³/mol. The number of nitro groups is 1. The van der Waals surface area contributed by atoms with Crippen molar-refractivity contribution in [1.82, 2.24) is 4.57 Å². The number of halogens is 3. The van der Waals surface area contributed by atoms with Crippen molar-refractivity contribution in [1.29, 1.82) is 0 Å². The van der Waals surface area contributed by atoms with Crippen LogP contribution in [-0.4, -0.2) is 15.4 Å². The third-order valence-electron chi connectivity index (χ3n) is 4.40. The molecule has 1 amide bonds. The molecule has 3 aromatic rings. The minimum Gasteiger partial charge on any atom is -0.316 e. The van der Waals surface area contributed by atoms with Crippen LogP contribution < -0.4 is 4.80 Å². The van der Waals surface area contributed by atoms with Gasteiger partial charge in [0.05, 0.1) is 31.2 Å². The van der Waals surface area contributed by atoms with Crippen LogP contribution in [0, 0.1) is 10.1 Å². The summed E-state index contributed by atoms with van der Waals surface area (Å²) in [5.41, 5.74) is 1.71. The number of carbonyl (C=O) groups is 1. The number of thiazole rings is 1. The van der Waals surface area contributed by atoms with Gasteiger partial charge in [0, 0.05) is 29.1 Å². The van der Waals surface area contributed by atoms with Crippen molar-refractivity contribution >= 4 is 57.7 Å². The van der Waals surface area contributed by atoms with E-state index in [-0.39, 0.29) is 16.3 Å². The van der Waals surface area contributed by atoms with Crippen molar-refractivity contribution in [2.45, 2.75) is 26.8 Å². The van der Waals surface area contributed by atoms with Crippen molar-refractivity contribution in [2.75, 3.05) is 0 Å². The second kappa shape index (κ2) is 9.31. The molecule has 3 rings (SSSR count). The highest BCUT2D eigenvalue weighted by molar-refractivity contribution is 7.09. The van der Waals surface area contributed by atoms with Gasteiger partial charge in [0.1, 0.15) is 0 Å². The molecule has 0 aliphatic heterocycles. The fraction of sp³-hybridized carbons (Fsp3) is 0.200. The van der Waals surface area contributed by atoms with Gasteiger partial charge in [-0.25, -0.2) is 0 Å². The number of nitrogens with zero attached hydrogens (tertiary/aromatic N) is 3. The summed E-state index contributed by atoms with van der Waals surface area (Å²) >= 11 is 19.7. The van der Waals surface area contributed by atoms with Crippen LogP contribution in [0.25, 0.3) is 11.3 Å². The average Bonchev–Trinajstić information content (AvgIpc) is 3.06. The van der Waals surface area contributed by atoms with Crippen LogP contribution in [0.15, 0.2) is 41.4 Å². The maximum atomic E-state index is 12.8. The molecule has 10 heteroatoms. The fourth-order valence-corrected chi connectivity index (χ4v) is 4.68. The smallest absolute Gasteiger partial charge is 0.281 e. The minimum absolute atomic E-state index is 0.0158. The normalized spacial score (nSPS) is 11.7. The zero-order valence-corrected chi connectivity index (χ0v) is 19.1. The van der Waals surface area contributed by atoms with E-state index >= 15 is 0 Å². The lowest BCUT2D eigenvalue weighted by molar-refractivity contribution is -0.384. The lowest BCUT2D eigenvalue weighted by Gasteiger charge is -2.09. The van der Waals surface area contributed by atoms with Crippen LogP contribution in [-0.2, 0) is 13.0 Å². The third-order valence-corrected chi connectivity index (χ3v) is 6.68. The number of aromatic nitrogens is 1. The summed E-state index contributed by atoms with van der Waals surface area (Å²) < 4.78 is 1.93. The first-order chi connectivity index (χ1) is 14.3. The van der Waals surface area contributed by atoms with E-state index in [1.165, 1.54) is 23.5 Å². The van der Waals surface area contributed by atoms with E-state index < -0.39 is 10.8 Å². The van der Waals surface area contributed by atoms with Gasteiger partial charge < -0.3 is 4.57 Å². The Hall–Kier alpha value is -2.19. The molecule has 0 unspecified atom stereocenters. The van der Waals surface area contributed by atoms with E-state index in [0.717, 1.165) is 28.6 Å². The van der Waals surface area contributed by atoms with E-state index in [2.05, 4.69) is 4.99 Å². The van der Waals surface area contributed by atoms with Gasteiger partial charge in [0.15, 0.2) is 4.80 Å². The number of aryl methyl sites for hydroxylation is 1. The molecular formula is C20H16Cl3N3O3S. The second-order valence-corrected chi connectivity index (χ2v) is 8.51. The maximum absolute atomic E-state index is 12.8. The number of hydrogen-bond acceptors (Lipinski definition) is 4. The van der Waals surface area contributed by atoms with E-state index in [0.29, 0.717) is 21.4 Å². The largest absolute Gasteiger partial charge is 0.316 e. The molecule has 6 nitrogen and oxygen atoms in total. The van der Waals surface area contributed by atoms with E-state index in [4.69, 9.17) is 34.8 Å². The second-order valence-electron chi connectivity index (χ2n) is 6.22. The third kappa shape index (κ3) is 4.44. The summed E-state index contributed by atoms with van der Waals surface area (Å²) in [5, 5.41) is 11.8. The molecule has 0 radical (unpaired) electrons. The number of benzene rings is 2. The minimum atomic E-state index is -0.571. The quantitative estimate of drug-likeness (QED) is 0.310. The first-order valence-corrected chi connectivity index (χ1v) is 10.9. The van der Waals surface area contributed by atoms with Gasteiger partial charge in [-0.3, -0.25) is 14.9 Å². The monoisotopic (exact) mass is 483 g/mol. The molecule has 156 valence electrons. The summed E-state index contributed by atoms with van der Waals surface area (Å²) in [6.45, 7) is 4.55. The number of rotatable bonds is 5. The Morgan fingerprint density at radius 3 is 2.40 bits per heavy atom. The molecule has 1 heterocycles. The van der Waals surface area contributed by atoms with Crippen molar-refractivity contribution in [3.8, 4) is 11.3 Å². The van der Waals surface area contributed by atoms with E-state index in [1.54, 1.807) is 12.1 Å². The summed E-state index contributed by atoms with van der Waals surface area (Å²) in [6, 6.07) is 9.09. The molecule has 0 saturated heterocycles. The molecular weight excluding hydrogens is 469 g/mol. The Kier molecular flexibility index (Phi) is 6.98. The lowest BCUT2D eigenvalue weighted by atomic mass is 10.1. The summed E-state index contributed by atoms with van der Waals surface area (Å²) in [4.78, 5) is 28.9. The van der Waals surface area contributed by atoms with Gasteiger partial charge in [-0.1, -0.05) is 47.8 Å². The zero-order chi connectivity index (χ0) is 22.0. The summed E-state index contributed by atoms with van der Waals surface area (Å²) in [6.07, 6.45) is 0.738. The molecule has 1 aromatic heterocycles. The van der Waals surface area contributed by atoms with E-state index in [9.17, 15) is 14.9 Å². The highest BCUT2D eigenvalue weighted by Crippen LogP contribution is 2.32. The van der Waals surface area contributed by atoms with Gasteiger partial charge in [-0.2, -0.15) is 4.99 Å². The molecule has 0 aliphatic rings. The number of hydrogen-bond donors (Lipinski definition) is 0. The fourth-order valence-electron chi connectivity index (χ4n) is 2.97. The molecule has 0 saturated carbocycles. The first-order valence-electron chi connectivity index (χ1n) is 8.97. The Morgan fingerprint density at radius 2 is 1.83 bits per heavy atom. The van der Waals surface area contributed by atoms with Crippen molar-refractivity contribution < 1.29 is 9.72 Å². The summed E-state index contributed by atoms with van der Waals surface area (Å²) in [7, 11) is 0. The molecule has 0 N–H and O–H groups in total. The van der Waals surface area contributed by atoms with Crippen LogP contribution in [0.2, 0.25) is 15.1 Å². The van der Waals surface area contributed by atoms with Crippen LogP contribution in [0.3, 0.4) is 0 Å². The average molecular weight is 485 g/mol. The van der Waals surface area contributed by atoms with E-state index in [1.807, 2.05) is 24.5 Å². The van der Waals surface area contributed by atoms with Gasteiger partial charge in [-0.15, -0.1) is 11.3 Å². The number of carbonyl (C=O) groups excluding carboxylic acids is 1. The Bertz CT molecular complexity index is 1220. The van der Waals surface area contributed by atoms with Gasteiger partial charge in [-0.05, 0) is 31.5 Å². The Morgan fingerprint density at radius 1 is 1.10 bits per heavy atom. The zero-order valence-electron chi connectivity index (χ0n) is 16.0. The van der Waals surface area contributed by atoms with Crippen LogP contribution in [0.5, 0.6) is 0 Å². The topological polar surface area (TPSA) is 77.5 Å². The summed E-state index contributed by atoms with van der Waals surface area (Å²) in [5.74, 6) is -0.568. The SMILES string of the molecule is CCc1sc(=NC(=O)c2ccc([N+](=O)[O-])cc2Cl)n(CC)c1-c1ccc(Cl)c(Cl)c1. The van der Waals surface area contributed by atoms with Crippen molar-refractivity contribution in [2.24, 2.45) is 4.99 Å². The molecule has 0 atom stereocenters. The van der Waals surface area contributed by atoms with Gasteiger partial charge >= 0.3 is 0 Å². The molecule has 0 fully saturated rings. The number of nitro benzene ring substituents is 1. The van der Waals surface area contributed by atoms with Crippen LogP contribution >= 0.6 is 46.1 Å². The molecule has 2 aromatic carbocycles.